The summed E-state index contributed by atoms with van der Waals surface area (Å²) in [6.45, 7) is 4.07. The number of benzene rings is 1. The summed E-state index contributed by atoms with van der Waals surface area (Å²) in [5, 5.41) is 3.15. The fourth-order valence-electron chi connectivity index (χ4n) is 4.10. The number of rotatable bonds is 2. The molecule has 0 fully saturated rings. The Morgan fingerprint density at radius 3 is 2.63 bits per heavy atom. The first-order valence-electron chi connectivity index (χ1n) is 8.83. The second-order valence-corrected chi connectivity index (χ2v) is 7.86. The molecule has 0 spiro atoms. The van der Waals surface area contributed by atoms with E-state index in [-0.39, 0.29) is 11.2 Å². The van der Waals surface area contributed by atoms with Gasteiger partial charge in [0, 0.05) is 23.6 Å². The van der Waals surface area contributed by atoms with Gasteiger partial charge in [0.2, 0.25) is 0 Å². The second kappa shape index (κ2) is 5.97. The molecule has 1 aliphatic heterocycles. The number of hydrogen-bond donors (Lipinski definition) is 3. The molecule has 27 heavy (non-hydrogen) atoms. The topological polar surface area (TPSA) is 104 Å². The van der Waals surface area contributed by atoms with Gasteiger partial charge in [0.1, 0.15) is 11.6 Å². The van der Waals surface area contributed by atoms with Gasteiger partial charge in [0.25, 0.3) is 5.56 Å². The number of H-pyrrole nitrogens is 2. The van der Waals surface area contributed by atoms with Crippen LogP contribution in [0.2, 0.25) is 0 Å². The molecule has 1 aromatic carbocycles. The first-order chi connectivity index (χ1) is 12.8. The molecule has 0 saturated heterocycles. The number of nitrogens with one attached hydrogen (secondary N) is 3. The van der Waals surface area contributed by atoms with Crippen molar-refractivity contribution in [2.24, 2.45) is 5.41 Å². The lowest BCUT2D eigenvalue weighted by molar-refractivity contribution is -0.118. The van der Waals surface area contributed by atoms with Crippen LogP contribution in [0.15, 0.2) is 45.1 Å². The van der Waals surface area contributed by atoms with Crippen molar-refractivity contribution in [2.45, 2.75) is 32.6 Å². The Morgan fingerprint density at radius 1 is 1.11 bits per heavy atom. The summed E-state index contributed by atoms with van der Waals surface area (Å²) in [7, 11) is 1.57. The lowest BCUT2D eigenvalue weighted by Crippen LogP contribution is -2.38. The Kier molecular flexibility index (Phi) is 3.83. The number of aromatic amines is 2. The lowest BCUT2D eigenvalue weighted by atomic mass is 9.69. The Labute approximate surface area is 155 Å². The second-order valence-electron chi connectivity index (χ2n) is 7.86. The third kappa shape index (κ3) is 2.89. The van der Waals surface area contributed by atoms with Crippen molar-refractivity contribution >= 4 is 11.6 Å². The molecule has 2 aromatic rings. The molecule has 4 rings (SSSR count). The zero-order chi connectivity index (χ0) is 19.3. The highest BCUT2D eigenvalue weighted by Crippen LogP contribution is 2.47. The number of fused-ring (bicyclic) bond motifs is 1. The highest BCUT2D eigenvalue weighted by atomic mass is 16.5. The molecule has 1 atom stereocenters. The number of anilines is 1. The van der Waals surface area contributed by atoms with Gasteiger partial charge in [-0.1, -0.05) is 26.0 Å². The van der Waals surface area contributed by atoms with Crippen LogP contribution in [0.5, 0.6) is 5.75 Å². The van der Waals surface area contributed by atoms with E-state index in [1.165, 1.54) is 0 Å². The average Bonchev–Trinajstić information content (AvgIpc) is 2.58. The van der Waals surface area contributed by atoms with Gasteiger partial charge in [-0.2, -0.15) is 0 Å². The summed E-state index contributed by atoms with van der Waals surface area (Å²) < 4.78 is 5.32. The largest absolute Gasteiger partial charge is 0.497 e. The Balaban J connectivity index is 2.00. The van der Waals surface area contributed by atoms with Crippen LogP contribution in [-0.2, 0) is 4.79 Å². The number of methoxy groups -OCH3 is 1. The molecule has 3 N–H and O–H groups in total. The zero-order valence-electron chi connectivity index (χ0n) is 15.4. The number of Topliss-reactive ketones (excluding diaryl/α,β-unsaturated/α-hetero) is 1. The van der Waals surface area contributed by atoms with Crippen molar-refractivity contribution in [1.82, 2.24) is 9.97 Å². The monoisotopic (exact) mass is 367 g/mol. The van der Waals surface area contributed by atoms with Gasteiger partial charge in [-0.05, 0) is 29.5 Å². The lowest BCUT2D eigenvalue weighted by Gasteiger charge is -2.38. The van der Waals surface area contributed by atoms with Gasteiger partial charge in [-0.15, -0.1) is 0 Å². The predicted molar refractivity (Wildman–Crippen MR) is 101 cm³/mol. The van der Waals surface area contributed by atoms with Crippen LogP contribution in [0.25, 0.3) is 0 Å². The third-order valence-corrected chi connectivity index (χ3v) is 5.18. The molecule has 0 amide bonds. The van der Waals surface area contributed by atoms with Gasteiger partial charge in [-0.25, -0.2) is 4.79 Å². The van der Waals surface area contributed by atoms with Crippen LogP contribution < -0.4 is 21.3 Å². The third-order valence-electron chi connectivity index (χ3n) is 5.18. The van der Waals surface area contributed by atoms with E-state index in [9.17, 15) is 14.4 Å². The van der Waals surface area contributed by atoms with Crippen molar-refractivity contribution in [1.29, 1.82) is 0 Å². The highest BCUT2D eigenvalue weighted by molar-refractivity contribution is 6.01. The summed E-state index contributed by atoms with van der Waals surface area (Å²) in [6.07, 6.45) is 1.06. The van der Waals surface area contributed by atoms with E-state index in [0.717, 1.165) is 11.3 Å². The predicted octanol–water partition coefficient (Wildman–Crippen LogP) is 2.27. The normalized spacial score (nSPS) is 20.6. The average molecular weight is 367 g/mol. The molecule has 2 aliphatic rings. The van der Waals surface area contributed by atoms with E-state index >= 15 is 0 Å². The summed E-state index contributed by atoms with van der Waals surface area (Å²) in [5.41, 5.74) is 1.19. The van der Waals surface area contributed by atoms with Crippen molar-refractivity contribution < 1.29 is 9.53 Å². The quantitative estimate of drug-likeness (QED) is 0.755. The first-order valence-corrected chi connectivity index (χ1v) is 8.83. The number of aromatic nitrogens is 2. The summed E-state index contributed by atoms with van der Waals surface area (Å²) in [5.74, 6) is 0.438. The Morgan fingerprint density at radius 2 is 1.89 bits per heavy atom. The molecule has 0 radical (unpaired) electrons. The van der Waals surface area contributed by atoms with Crippen LogP contribution in [0.4, 0.5) is 5.82 Å². The van der Waals surface area contributed by atoms with E-state index in [0.29, 0.717) is 35.5 Å². The molecular weight excluding hydrogens is 346 g/mol. The van der Waals surface area contributed by atoms with Crippen molar-refractivity contribution in [3.8, 4) is 5.75 Å². The minimum Gasteiger partial charge on any atom is -0.497 e. The van der Waals surface area contributed by atoms with Gasteiger partial charge >= 0.3 is 5.69 Å². The number of carbonyl (C=O) groups excluding carboxylic acids is 1. The minimum atomic E-state index is -0.582. The van der Waals surface area contributed by atoms with Crippen molar-refractivity contribution in [3.05, 3.63) is 67.5 Å². The van der Waals surface area contributed by atoms with Crippen LogP contribution in [-0.4, -0.2) is 22.9 Å². The fourth-order valence-corrected chi connectivity index (χ4v) is 4.10. The van der Waals surface area contributed by atoms with Crippen molar-refractivity contribution in [2.75, 3.05) is 12.4 Å². The van der Waals surface area contributed by atoms with E-state index in [1.807, 2.05) is 38.1 Å². The maximum atomic E-state index is 13.1. The summed E-state index contributed by atoms with van der Waals surface area (Å²) in [6, 6.07) is 7.32. The van der Waals surface area contributed by atoms with Crippen LogP contribution in [0.3, 0.4) is 0 Å². The molecule has 0 saturated carbocycles. The molecule has 0 unspecified atom stereocenters. The van der Waals surface area contributed by atoms with Crippen molar-refractivity contribution in [3.63, 3.8) is 0 Å². The smallest absolute Gasteiger partial charge is 0.327 e. The molecular formula is C20H21N3O4. The van der Waals surface area contributed by atoms with Gasteiger partial charge in [-0.3, -0.25) is 19.6 Å². The molecule has 7 heteroatoms. The Bertz CT molecular complexity index is 1090. The van der Waals surface area contributed by atoms with Crippen LogP contribution in [0.1, 0.15) is 43.7 Å². The first kappa shape index (κ1) is 17.3. The number of allylic oxidation sites excluding steroid dienone is 2. The van der Waals surface area contributed by atoms with E-state index in [2.05, 4.69) is 15.3 Å². The van der Waals surface area contributed by atoms with Gasteiger partial charge < -0.3 is 10.1 Å². The molecule has 0 bridgehead atoms. The van der Waals surface area contributed by atoms with E-state index in [1.54, 1.807) is 7.11 Å². The molecule has 140 valence electrons. The number of ether oxygens (including phenoxy) is 1. The minimum absolute atomic E-state index is 0.0119. The SMILES string of the molecule is COc1cccc([C@@H]2C3=C(CC(C)(C)CC3=O)Nc3[nH]c(=O)[nH]c(=O)c32)c1. The van der Waals surface area contributed by atoms with Crippen LogP contribution >= 0.6 is 0 Å². The summed E-state index contributed by atoms with van der Waals surface area (Å²) >= 11 is 0. The maximum absolute atomic E-state index is 13.1. The van der Waals surface area contributed by atoms with Gasteiger partial charge in [0.05, 0.1) is 12.7 Å². The molecule has 7 nitrogen and oxygen atoms in total. The highest BCUT2D eigenvalue weighted by Gasteiger charge is 2.42. The molecule has 1 aromatic heterocycles. The fraction of sp³-hybridized carbons (Fsp3) is 0.350. The summed E-state index contributed by atoms with van der Waals surface area (Å²) in [4.78, 5) is 42.5. The number of ketones is 1. The zero-order valence-corrected chi connectivity index (χ0v) is 15.4. The Hall–Kier alpha value is -3.09. The van der Waals surface area contributed by atoms with Crippen LogP contribution in [0, 0.1) is 5.41 Å². The molecule has 1 aliphatic carbocycles. The number of carbonyl (C=O) groups is 1. The standard InChI is InChI=1S/C20H21N3O4/c1-20(2)8-12-15(13(24)9-20)14(10-5-4-6-11(7-10)27-3)16-17(21-12)22-19(26)23-18(16)25/h4-7,14H,8-9H2,1-3H3,(H3,21,22,23,25,26)/t14-/m1/s1. The van der Waals surface area contributed by atoms with Gasteiger partial charge in [0.15, 0.2) is 5.78 Å². The molecule has 2 heterocycles. The van der Waals surface area contributed by atoms with E-state index < -0.39 is 17.2 Å². The maximum Gasteiger partial charge on any atom is 0.327 e. The number of hydrogen-bond acceptors (Lipinski definition) is 5. The van der Waals surface area contributed by atoms with E-state index in [4.69, 9.17) is 4.74 Å².